The summed E-state index contributed by atoms with van der Waals surface area (Å²) in [6.45, 7) is 5.92. The molecule has 1 unspecified atom stereocenters. The lowest BCUT2D eigenvalue weighted by atomic mass is 9.82. The highest BCUT2D eigenvalue weighted by molar-refractivity contribution is 5.59. The minimum absolute atomic E-state index is 0.0682. The van der Waals surface area contributed by atoms with Crippen LogP contribution in [0.4, 0.5) is 4.39 Å². The molecule has 2 heterocycles. The maximum atomic E-state index is 13.4. The molecule has 0 spiro atoms. The summed E-state index contributed by atoms with van der Waals surface area (Å²) in [5.41, 5.74) is 1.57. The minimum atomic E-state index is -0.284. The van der Waals surface area contributed by atoms with Crippen molar-refractivity contribution in [2.45, 2.75) is 38.5 Å². The molecule has 0 aliphatic carbocycles. The number of halogens is 1. The molecule has 1 aromatic heterocycles. The highest BCUT2D eigenvalue weighted by Crippen LogP contribution is 2.35. The third-order valence-electron chi connectivity index (χ3n) is 4.29. The second-order valence-corrected chi connectivity index (χ2v) is 5.84. The van der Waals surface area contributed by atoms with Crippen LogP contribution in [0.15, 0.2) is 22.7 Å². The first-order chi connectivity index (χ1) is 10.1. The number of aryl methyl sites for hydroxylation is 1. The Balaban J connectivity index is 1.97. The first-order valence-electron chi connectivity index (χ1n) is 7.46. The number of benzene rings is 1. The molecule has 1 aromatic carbocycles. The molecule has 3 rings (SSSR count). The highest BCUT2D eigenvalue weighted by Gasteiger charge is 2.40. The van der Waals surface area contributed by atoms with Crippen LogP contribution < -0.4 is 5.32 Å². The van der Waals surface area contributed by atoms with E-state index in [0.29, 0.717) is 17.3 Å². The second kappa shape index (κ2) is 5.56. The van der Waals surface area contributed by atoms with Crippen LogP contribution in [0.3, 0.4) is 0 Å². The fourth-order valence-corrected chi connectivity index (χ4v) is 3.11. The van der Waals surface area contributed by atoms with Crippen LogP contribution in [-0.2, 0) is 5.41 Å². The molecule has 2 aromatic rings. The summed E-state index contributed by atoms with van der Waals surface area (Å²) in [6.07, 6.45) is 3.09. The van der Waals surface area contributed by atoms with Gasteiger partial charge >= 0.3 is 0 Å². The molecular formula is C16H20FN3O. The molecule has 5 heteroatoms. The van der Waals surface area contributed by atoms with Crippen LogP contribution >= 0.6 is 0 Å². The summed E-state index contributed by atoms with van der Waals surface area (Å²) in [4.78, 5) is 4.57. The molecule has 0 saturated carbocycles. The van der Waals surface area contributed by atoms with Crippen LogP contribution in [0.5, 0.6) is 0 Å². The molecule has 112 valence electrons. The van der Waals surface area contributed by atoms with E-state index in [1.165, 1.54) is 12.1 Å². The fourth-order valence-electron chi connectivity index (χ4n) is 3.11. The van der Waals surface area contributed by atoms with Crippen LogP contribution in [0, 0.1) is 12.7 Å². The summed E-state index contributed by atoms with van der Waals surface area (Å²) in [5.74, 6) is 0.866. The highest BCUT2D eigenvalue weighted by atomic mass is 19.1. The molecule has 1 N–H and O–H groups in total. The Morgan fingerprint density at radius 2 is 2.29 bits per heavy atom. The Morgan fingerprint density at radius 1 is 1.43 bits per heavy atom. The Hall–Kier alpha value is -1.75. The molecule has 1 atom stereocenters. The summed E-state index contributed by atoms with van der Waals surface area (Å²) in [6, 6.07) is 4.64. The van der Waals surface area contributed by atoms with Gasteiger partial charge in [-0.05, 0) is 44.0 Å². The van der Waals surface area contributed by atoms with Gasteiger partial charge in [-0.3, -0.25) is 0 Å². The van der Waals surface area contributed by atoms with E-state index in [0.717, 1.165) is 37.9 Å². The Kier molecular flexibility index (Phi) is 3.76. The summed E-state index contributed by atoms with van der Waals surface area (Å²) < 4.78 is 19.0. The van der Waals surface area contributed by atoms with Crippen molar-refractivity contribution in [1.29, 1.82) is 0 Å². The van der Waals surface area contributed by atoms with E-state index in [2.05, 4.69) is 22.4 Å². The second-order valence-electron chi connectivity index (χ2n) is 5.84. The molecule has 1 aliphatic rings. The van der Waals surface area contributed by atoms with Gasteiger partial charge in [-0.25, -0.2) is 4.39 Å². The number of hydrogen-bond donors (Lipinski definition) is 1. The molecule has 21 heavy (non-hydrogen) atoms. The van der Waals surface area contributed by atoms with Gasteiger partial charge < -0.3 is 9.84 Å². The average Bonchev–Trinajstić information content (AvgIpc) is 3.11. The first-order valence-corrected chi connectivity index (χ1v) is 7.46. The quantitative estimate of drug-likeness (QED) is 0.939. The predicted molar refractivity (Wildman–Crippen MR) is 78.5 cm³/mol. The Morgan fingerprint density at radius 3 is 3.00 bits per heavy atom. The third kappa shape index (κ3) is 2.58. The number of rotatable bonds is 4. The predicted octanol–water partition coefficient (Wildman–Crippen LogP) is 3.22. The van der Waals surface area contributed by atoms with Crippen molar-refractivity contribution in [3.05, 3.63) is 35.5 Å². The summed E-state index contributed by atoms with van der Waals surface area (Å²) in [5, 5.41) is 7.46. The number of hydrogen-bond acceptors (Lipinski definition) is 4. The van der Waals surface area contributed by atoms with E-state index in [4.69, 9.17) is 4.52 Å². The third-order valence-corrected chi connectivity index (χ3v) is 4.29. The molecule has 1 aliphatic heterocycles. The van der Waals surface area contributed by atoms with Crippen molar-refractivity contribution >= 4 is 0 Å². The van der Waals surface area contributed by atoms with E-state index < -0.39 is 0 Å². The first kappa shape index (κ1) is 14.2. The number of nitrogens with zero attached hydrogens (tertiary/aromatic N) is 2. The largest absolute Gasteiger partial charge is 0.338 e. The van der Waals surface area contributed by atoms with Gasteiger partial charge in [0.05, 0.1) is 5.41 Å². The van der Waals surface area contributed by atoms with E-state index in [9.17, 15) is 4.39 Å². The van der Waals surface area contributed by atoms with Crippen molar-refractivity contribution in [1.82, 2.24) is 15.5 Å². The van der Waals surface area contributed by atoms with E-state index in [-0.39, 0.29) is 11.2 Å². The lowest BCUT2D eigenvalue weighted by Gasteiger charge is -2.22. The van der Waals surface area contributed by atoms with Gasteiger partial charge in [0.15, 0.2) is 0 Å². The smallest absolute Gasteiger partial charge is 0.234 e. The van der Waals surface area contributed by atoms with Crippen molar-refractivity contribution in [3.8, 4) is 11.4 Å². The van der Waals surface area contributed by atoms with E-state index in [1.807, 2.05) is 6.92 Å². The maximum Gasteiger partial charge on any atom is 0.234 e. The van der Waals surface area contributed by atoms with Gasteiger partial charge in [-0.2, -0.15) is 4.98 Å². The Labute approximate surface area is 123 Å². The number of aromatic nitrogens is 2. The van der Waals surface area contributed by atoms with E-state index >= 15 is 0 Å². The van der Waals surface area contributed by atoms with Crippen molar-refractivity contribution in [2.75, 3.05) is 13.1 Å². The van der Waals surface area contributed by atoms with Gasteiger partial charge in [0, 0.05) is 12.1 Å². The molecule has 1 fully saturated rings. The zero-order valence-electron chi connectivity index (χ0n) is 12.4. The maximum absolute atomic E-state index is 13.4. The molecule has 0 radical (unpaired) electrons. The van der Waals surface area contributed by atoms with Crippen LogP contribution in [0.25, 0.3) is 11.4 Å². The zero-order valence-corrected chi connectivity index (χ0v) is 12.4. The standard InChI is InChI=1S/C16H20FN3O/c1-3-6-16(7-8-18-10-16)15-19-14(20-21-15)13-9-12(17)5-4-11(13)2/h4-5,9,18H,3,6-8,10H2,1-2H3. The molecular weight excluding hydrogens is 269 g/mol. The molecule has 4 nitrogen and oxygen atoms in total. The minimum Gasteiger partial charge on any atom is -0.338 e. The molecule has 0 amide bonds. The lowest BCUT2D eigenvalue weighted by molar-refractivity contribution is 0.277. The average molecular weight is 289 g/mol. The van der Waals surface area contributed by atoms with Gasteiger partial charge in [-0.1, -0.05) is 24.6 Å². The monoisotopic (exact) mass is 289 g/mol. The Bertz CT molecular complexity index is 632. The van der Waals surface area contributed by atoms with Crippen molar-refractivity contribution < 1.29 is 8.91 Å². The number of nitrogens with one attached hydrogen (secondary N) is 1. The summed E-state index contributed by atoms with van der Waals surface area (Å²) >= 11 is 0. The normalized spacial score (nSPS) is 21.9. The van der Waals surface area contributed by atoms with Gasteiger partial charge in [0.2, 0.25) is 11.7 Å². The van der Waals surface area contributed by atoms with Crippen molar-refractivity contribution in [3.63, 3.8) is 0 Å². The van der Waals surface area contributed by atoms with Crippen molar-refractivity contribution in [2.24, 2.45) is 0 Å². The fraction of sp³-hybridized carbons (Fsp3) is 0.500. The topological polar surface area (TPSA) is 51.0 Å². The SMILES string of the molecule is CCCC1(c2nc(-c3cc(F)ccc3C)no2)CCNC1. The molecule has 1 saturated heterocycles. The van der Waals surface area contributed by atoms with Crippen LogP contribution in [0.1, 0.15) is 37.6 Å². The lowest BCUT2D eigenvalue weighted by Crippen LogP contribution is -2.29. The van der Waals surface area contributed by atoms with Gasteiger partial charge in [-0.15, -0.1) is 0 Å². The van der Waals surface area contributed by atoms with Crippen LogP contribution in [0.2, 0.25) is 0 Å². The summed E-state index contributed by atoms with van der Waals surface area (Å²) in [7, 11) is 0. The molecule has 0 bridgehead atoms. The van der Waals surface area contributed by atoms with E-state index in [1.54, 1.807) is 6.07 Å². The van der Waals surface area contributed by atoms with Crippen LogP contribution in [-0.4, -0.2) is 23.2 Å². The zero-order chi connectivity index (χ0) is 14.9. The van der Waals surface area contributed by atoms with Gasteiger partial charge in [0.1, 0.15) is 5.82 Å². The van der Waals surface area contributed by atoms with Gasteiger partial charge in [0.25, 0.3) is 0 Å².